The number of rotatable bonds is 5. The number of piperidine rings is 1. The molecule has 1 fully saturated rings. The van der Waals surface area contributed by atoms with Gasteiger partial charge in [-0.25, -0.2) is 0 Å². The number of para-hydroxylation sites is 1. The van der Waals surface area contributed by atoms with Crippen molar-refractivity contribution in [2.75, 3.05) is 33.3 Å². The van der Waals surface area contributed by atoms with Gasteiger partial charge in [-0.05, 0) is 45.1 Å². The third-order valence-corrected chi connectivity index (χ3v) is 3.42. The smallest absolute Gasteiger partial charge is 0.119 e. The van der Waals surface area contributed by atoms with E-state index >= 15 is 0 Å². The summed E-state index contributed by atoms with van der Waals surface area (Å²) < 4.78 is 5.70. The van der Waals surface area contributed by atoms with E-state index in [2.05, 4.69) is 17.3 Å². The van der Waals surface area contributed by atoms with Crippen LogP contribution in [-0.2, 0) is 0 Å². The van der Waals surface area contributed by atoms with Gasteiger partial charge in [0, 0.05) is 12.6 Å². The Labute approximate surface area is 104 Å². The number of ether oxygens (including phenoxy) is 1. The maximum Gasteiger partial charge on any atom is 0.119 e. The third-order valence-electron chi connectivity index (χ3n) is 3.42. The quantitative estimate of drug-likeness (QED) is 0.840. The summed E-state index contributed by atoms with van der Waals surface area (Å²) in [5.41, 5.74) is 0. The van der Waals surface area contributed by atoms with Crippen LogP contribution in [0.3, 0.4) is 0 Å². The molecule has 94 valence electrons. The summed E-state index contributed by atoms with van der Waals surface area (Å²) in [7, 11) is 2.05. The molecule has 1 aromatic carbocycles. The molecule has 0 aromatic heterocycles. The zero-order valence-electron chi connectivity index (χ0n) is 10.6. The van der Waals surface area contributed by atoms with Gasteiger partial charge in [0.1, 0.15) is 12.4 Å². The monoisotopic (exact) mass is 234 g/mol. The average Bonchev–Trinajstić information content (AvgIpc) is 2.41. The molecular weight excluding hydrogens is 212 g/mol. The number of likely N-dealkylation sites (tertiary alicyclic amines) is 1. The Kier molecular flexibility index (Phi) is 4.83. The molecular formula is C14H22N2O. The maximum absolute atomic E-state index is 5.70. The van der Waals surface area contributed by atoms with Crippen LogP contribution in [0, 0.1) is 0 Å². The first kappa shape index (κ1) is 12.4. The molecule has 0 radical (unpaired) electrons. The van der Waals surface area contributed by atoms with Crippen molar-refractivity contribution < 1.29 is 4.74 Å². The molecule has 1 aromatic rings. The number of hydrogen-bond donors (Lipinski definition) is 1. The van der Waals surface area contributed by atoms with Crippen LogP contribution in [0.5, 0.6) is 5.75 Å². The topological polar surface area (TPSA) is 24.5 Å². The molecule has 0 atom stereocenters. The van der Waals surface area contributed by atoms with Crippen LogP contribution in [0.25, 0.3) is 0 Å². The number of nitrogens with one attached hydrogen (secondary N) is 1. The van der Waals surface area contributed by atoms with Crippen LogP contribution in [-0.4, -0.2) is 44.2 Å². The molecule has 1 saturated heterocycles. The molecule has 0 saturated carbocycles. The zero-order chi connectivity index (χ0) is 11.9. The molecule has 0 spiro atoms. The van der Waals surface area contributed by atoms with Crippen molar-refractivity contribution in [1.29, 1.82) is 0 Å². The van der Waals surface area contributed by atoms with Crippen LogP contribution in [0.2, 0.25) is 0 Å². The Hall–Kier alpha value is -1.06. The van der Waals surface area contributed by atoms with Crippen molar-refractivity contribution >= 4 is 0 Å². The predicted molar refractivity (Wildman–Crippen MR) is 70.5 cm³/mol. The molecule has 17 heavy (non-hydrogen) atoms. The largest absolute Gasteiger partial charge is 0.492 e. The van der Waals surface area contributed by atoms with Gasteiger partial charge in [-0.1, -0.05) is 18.2 Å². The lowest BCUT2D eigenvalue weighted by molar-refractivity contribution is 0.167. The predicted octanol–water partition coefficient (Wildman–Crippen LogP) is 1.75. The van der Waals surface area contributed by atoms with E-state index in [1.54, 1.807) is 0 Å². The van der Waals surface area contributed by atoms with Gasteiger partial charge in [0.2, 0.25) is 0 Å². The Bertz CT molecular complexity index is 307. The molecule has 0 amide bonds. The Morgan fingerprint density at radius 2 is 1.94 bits per heavy atom. The molecule has 3 heteroatoms. The lowest BCUT2D eigenvalue weighted by atomic mass is 10.1. The first-order valence-corrected chi connectivity index (χ1v) is 6.46. The van der Waals surface area contributed by atoms with Gasteiger partial charge in [0.05, 0.1) is 0 Å². The number of benzene rings is 1. The van der Waals surface area contributed by atoms with Gasteiger partial charge in [-0.15, -0.1) is 0 Å². The fourth-order valence-electron chi connectivity index (χ4n) is 2.25. The molecule has 0 aliphatic carbocycles. The van der Waals surface area contributed by atoms with Gasteiger partial charge < -0.3 is 10.1 Å². The lowest BCUT2D eigenvalue weighted by Crippen LogP contribution is -2.42. The summed E-state index contributed by atoms with van der Waals surface area (Å²) in [6, 6.07) is 10.7. The zero-order valence-corrected chi connectivity index (χ0v) is 10.6. The van der Waals surface area contributed by atoms with E-state index in [1.165, 1.54) is 25.9 Å². The van der Waals surface area contributed by atoms with E-state index in [0.717, 1.165) is 18.9 Å². The second-order valence-corrected chi connectivity index (χ2v) is 4.57. The lowest BCUT2D eigenvalue weighted by Gasteiger charge is -2.31. The Morgan fingerprint density at radius 3 is 2.59 bits per heavy atom. The van der Waals surface area contributed by atoms with Gasteiger partial charge >= 0.3 is 0 Å². The highest BCUT2D eigenvalue weighted by Gasteiger charge is 2.16. The molecule has 0 bridgehead atoms. The molecule has 1 N–H and O–H groups in total. The van der Waals surface area contributed by atoms with E-state index in [9.17, 15) is 0 Å². The molecule has 3 nitrogen and oxygen atoms in total. The van der Waals surface area contributed by atoms with E-state index in [-0.39, 0.29) is 0 Å². The fraction of sp³-hybridized carbons (Fsp3) is 0.571. The minimum Gasteiger partial charge on any atom is -0.492 e. The first-order valence-electron chi connectivity index (χ1n) is 6.46. The molecule has 1 heterocycles. The van der Waals surface area contributed by atoms with E-state index in [4.69, 9.17) is 4.74 Å². The van der Waals surface area contributed by atoms with Crippen molar-refractivity contribution in [3.05, 3.63) is 30.3 Å². The SMILES string of the molecule is CNC1CCN(CCOc2ccccc2)CC1. The molecule has 0 unspecified atom stereocenters. The van der Waals surface area contributed by atoms with Gasteiger partial charge in [0.25, 0.3) is 0 Å². The van der Waals surface area contributed by atoms with Gasteiger partial charge in [-0.2, -0.15) is 0 Å². The van der Waals surface area contributed by atoms with Crippen molar-refractivity contribution in [3.63, 3.8) is 0 Å². The van der Waals surface area contributed by atoms with E-state index in [1.807, 2.05) is 30.3 Å². The molecule has 2 rings (SSSR count). The summed E-state index contributed by atoms with van der Waals surface area (Å²) in [4.78, 5) is 2.48. The van der Waals surface area contributed by atoms with Crippen LogP contribution in [0.4, 0.5) is 0 Å². The minimum atomic E-state index is 0.710. The summed E-state index contributed by atoms with van der Waals surface area (Å²) in [6.45, 7) is 4.19. The van der Waals surface area contributed by atoms with Crippen molar-refractivity contribution in [2.45, 2.75) is 18.9 Å². The van der Waals surface area contributed by atoms with Crippen LogP contribution in [0.15, 0.2) is 30.3 Å². The highest BCUT2D eigenvalue weighted by Crippen LogP contribution is 2.11. The maximum atomic E-state index is 5.70. The summed E-state index contributed by atoms with van der Waals surface area (Å²) in [6.07, 6.45) is 2.50. The normalized spacial score (nSPS) is 18.2. The highest BCUT2D eigenvalue weighted by molar-refractivity contribution is 5.20. The minimum absolute atomic E-state index is 0.710. The fourth-order valence-corrected chi connectivity index (χ4v) is 2.25. The van der Waals surface area contributed by atoms with E-state index < -0.39 is 0 Å². The van der Waals surface area contributed by atoms with Crippen LogP contribution < -0.4 is 10.1 Å². The van der Waals surface area contributed by atoms with E-state index in [0.29, 0.717) is 6.04 Å². The second kappa shape index (κ2) is 6.62. The molecule has 1 aliphatic rings. The number of nitrogens with zero attached hydrogens (tertiary/aromatic N) is 1. The first-order chi connectivity index (χ1) is 8.38. The van der Waals surface area contributed by atoms with Gasteiger partial charge in [-0.3, -0.25) is 4.90 Å². The van der Waals surface area contributed by atoms with Crippen LogP contribution in [0.1, 0.15) is 12.8 Å². The van der Waals surface area contributed by atoms with Gasteiger partial charge in [0.15, 0.2) is 0 Å². The third kappa shape index (κ3) is 4.02. The highest BCUT2D eigenvalue weighted by atomic mass is 16.5. The second-order valence-electron chi connectivity index (χ2n) is 4.57. The summed E-state index contributed by atoms with van der Waals surface area (Å²) in [5, 5.41) is 3.35. The average molecular weight is 234 g/mol. The standard InChI is InChI=1S/C14H22N2O/c1-15-13-7-9-16(10-8-13)11-12-17-14-5-3-2-4-6-14/h2-6,13,15H,7-12H2,1H3. The summed E-state index contributed by atoms with van der Waals surface area (Å²) >= 11 is 0. The van der Waals surface area contributed by atoms with Crippen molar-refractivity contribution in [3.8, 4) is 5.75 Å². The molecule has 1 aliphatic heterocycles. The Morgan fingerprint density at radius 1 is 1.24 bits per heavy atom. The number of hydrogen-bond acceptors (Lipinski definition) is 3. The van der Waals surface area contributed by atoms with Crippen molar-refractivity contribution in [2.24, 2.45) is 0 Å². The Balaban J connectivity index is 1.63. The van der Waals surface area contributed by atoms with Crippen molar-refractivity contribution in [1.82, 2.24) is 10.2 Å². The van der Waals surface area contributed by atoms with Crippen LogP contribution >= 0.6 is 0 Å². The summed E-state index contributed by atoms with van der Waals surface area (Å²) in [5.74, 6) is 0.970.